The van der Waals surface area contributed by atoms with Crippen LogP contribution in [0.5, 0.6) is 0 Å². The van der Waals surface area contributed by atoms with E-state index in [-0.39, 0.29) is 0 Å². The molecule has 0 saturated carbocycles. The summed E-state index contributed by atoms with van der Waals surface area (Å²) in [5, 5.41) is 1.12. The summed E-state index contributed by atoms with van der Waals surface area (Å²) in [6.45, 7) is 5.21. The summed E-state index contributed by atoms with van der Waals surface area (Å²) in [6.07, 6.45) is 2.82. The fourth-order valence-corrected chi connectivity index (χ4v) is 3.81. The third-order valence-corrected chi connectivity index (χ3v) is 5.21. The normalized spacial score (nSPS) is 16.1. The first-order chi connectivity index (χ1) is 12.3. The van der Waals surface area contributed by atoms with E-state index in [1.54, 1.807) is 6.33 Å². The van der Waals surface area contributed by atoms with Crippen molar-refractivity contribution in [2.24, 2.45) is 0 Å². The van der Waals surface area contributed by atoms with Crippen LogP contribution in [0.1, 0.15) is 12.0 Å². The minimum atomic E-state index is 0.992. The average molecular weight is 397 g/mol. The lowest BCUT2D eigenvalue weighted by molar-refractivity contribution is 0.285. The topological polar surface area (TPSA) is 32.3 Å². The number of aromatic nitrogens is 2. The van der Waals surface area contributed by atoms with Gasteiger partial charge in [-0.1, -0.05) is 46.3 Å². The maximum absolute atomic E-state index is 4.60. The van der Waals surface area contributed by atoms with Gasteiger partial charge in [0.05, 0.1) is 5.52 Å². The molecule has 1 fully saturated rings. The molecule has 0 amide bonds. The van der Waals surface area contributed by atoms with E-state index >= 15 is 0 Å². The molecule has 4 rings (SSSR count). The smallest absolute Gasteiger partial charge is 0.139 e. The SMILES string of the molecule is Brc1ccc2ncnc(N3CCCN(Cc4ccccc4)CC3)c2c1. The lowest BCUT2D eigenvalue weighted by atomic mass is 10.2. The Balaban J connectivity index is 1.52. The van der Waals surface area contributed by atoms with Crippen LogP contribution in [0, 0.1) is 0 Å². The Morgan fingerprint density at radius 2 is 1.80 bits per heavy atom. The number of nitrogens with zero attached hydrogens (tertiary/aromatic N) is 4. The van der Waals surface area contributed by atoms with E-state index in [0.29, 0.717) is 0 Å². The summed E-state index contributed by atoms with van der Waals surface area (Å²) in [6, 6.07) is 16.9. The second-order valence-corrected chi connectivity index (χ2v) is 7.38. The van der Waals surface area contributed by atoms with Gasteiger partial charge >= 0.3 is 0 Å². The Labute approximate surface area is 156 Å². The van der Waals surface area contributed by atoms with Gasteiger partial charge in [0.15, 0.2) is 0 Å². The van der Waals surface area contributed by atoms with E-state index < -0.39 is 0 Å². The number of anilines is 1. The van der Waals surface area contributed by atoms with Crippen molar-refractivity contribution in [2.45, 2.75) is 13.0 Å². The number of rotatable bonds is 3. The maximum Gasteiger partial charge on any atom is 0.139 e. The molecule has 0 unspecified atom stereocenters. The maximum atomic E-state index is 4.60. The van der Waals surface area contributed by atoms with Crippen molar-refractivity contribution in [3.8, 4) is 0 Å². The summed E-state index contributed by atoms with van der Waals surface area (Å²) in [4.78, 5) is 13.9. The van der Waals surface area contributed by atoms with Crippen LogP contribution in [0.2, 0.25) is 0 Å². The monoisotopic (exact) mass is 396 g/mol. The molecule has 0 radical (unpaired) electrons. The van der Waals surface area contributed by atoms with Crippen LogP contribution in [-0.2, 0) is 6.54 Å². The highest BCUT2D eigenvalue weighted by atomic mass is 79.9. The van der Waals surface area contributed by atoms with Gasteiger partial charge in [0.1, 0.15) is 12.1 Å². The molecular formula is C20H21BrN4. The average Bonchev–Trinajstić information content (AvgIpc) is 2.87. The Morgan fingerprint density at radius 1 is 0.920 bits per heavy atom. The van der Waals surface area contributed by atoms with Crippen LogP contribution in [0.25, 0.3) is 10.9 Å². The van der Waals surface area contributed by atoms with Crippen molar-refractivity contribution in [3.05, 3.63) is 64.9 Å². The fraction of sp³-hybridized carbons (Fsp3) is 0.300. The summed E-state index contributed by atoms with van der Waals surface area (Å²) in [5.41, 5.74) is 2.38. The second kappa shape index (κ2) is 7.50. The highest BCUT2D eigenvalue weighted by Gasteiger charge is 2.18. The predicted octanol–water partition coefficient (Wildman–Crippen LogP) is 4.10. The number of fused-ring (bicyclic) bond motifs is 1. The Hall–Kier alpha value is -1.98. The van der Waals surface area contributed by atoms with Gasteiger partial charge in [0.2, 0.25) is 0 Å². The van der Waals surface area contributed by atoms with Crippen molar-refractivity contribution in [1.29, 1.82) is 0 Å². The van der Waals surface area contributed by atoms with Gasteiger partial charge in [0, 0.05) is 42.6 Å². The molecule has 4 nitrogen and oxygen atoms in total. The summed E-state index contributed by atoms with van der Waals surface area (Å²) >= 11 is 3.57. The molecule has 0 bridgehead atoms. The van der Waals surface area contributed by atoms with E-state index in [2.05, 4.69) is 72.1 Å². The Kier molecular flexibility index (Phi) is 4.95. The predicted molar refractivity (Wildman–Crippen MR) is 106 cm³/mol. The summed E-state index contributed by atoms with van der Waals surface area (Å²) in [7, 11) is 0. The fourth-order valence-electron chi connectivity index (χ4n) is 3.45. The molecule has 1 saturated heterocycles. The van der Waals surface area contributed by atoms with E-state index in [4.69, 9.17) is 0 Å². The Bertz CT molecular complexity index is 853. The number of hydrogen-bond acceptors (Lipinski definition) is 4. The van der Waals surface area contributed by atoms with Crippen molar-refractivity contribution in [1.82, 2.24) is 14.9 Å². The number of halogens is 1. The van der Waals surface area contributed by atoms with Gasteiger partial charge in [-0.25, -0.2) is 9.97 Å². The number of hydrogen-bond donors (Lipinski definition) is 0. The van der Waals surface area contributed by atoms with Crippen LogP contribution in [0.3, 0.4) is 0 Å². The van der Waals surface area contributed by atoms with E-state index in [1.807, 2.05) is 12.1 Å². The van der Waals surface area contributed by atoms with Crippen LogP contribution in [-0.4, -0.2) is 41.0 Å². The molecule has 1 aromatic heterocycles. The first kappa shape index (κ1) is 16.5. The quantitative estimate of drug-likeness (QED) is 0.666. The lowest BCUT2D eigenvalue weighted by Gasteiger charge is -2.23. The van der Waals surface area contributed by atoms with Gasteiger partial charge < -0.3 is 4.90 Å². The van der Waals surface area contributed by atoms with Crippen molar-refractivity contribution in [3.63, 3.8) is 0 Å². The minimum Gasteiger partial charge on any atom is -0.355 e. The molecule has 0 atom stereocenters. The zero-order valence-electron chi connectivity index (χ0n) is 14.1. The standard InChI is InChI=1S/C20H21BrN4/c21-17-7-8-19-18(13-17)20(23-15-22-19)25-10-4-9-24(11-12-25)14-16-5-2-1-3-6-16/h1-3,5-8,13,15H,4,9-12,14H2. The molecule has 0 spiro atoms. The zero-order chi connectivity index (χ0) is 17.1. The van der Waals surface area contributed by atoms with Gasteiger partial charge in [-0.3, -0.25) is 4.90 Å². The van der Waals surface area contributed by atoms with Crippen LogP contribution < -0.4 is 4.90 Å². The second-order valence-electron chi connectivity index (χ2n) is 6.46. The molecule has 1 aliphatic heterocycles. The lowest BCUT2D eigenvalue weighted by Crippen LogP contribution is -2.31. The van der Waals surface area contributed by atoms with E-state index in [9.17, 15) is 0 Å². The first-order valence-electron chi connectivity index (χ1n) is 8.71. The zero-order valence-corrected chi connectivity index (χ0v) is 15.7. The molecule has 1 aliphatic rings. The van der Waals surface area contributed by atoms with E-state index in [1.165, 1.54) is 5.56 Å². The summed E-state index contributed by atoms with van der Waals surface area (Å²) in [5.74, 6) is 1.05. The molecule has 5 heteroatoms. The van der Waals surface area contributed by atoms with Crippen molar-refractivity contribution < 1.29 is 0 Å². The largest absolute Gasteiger partial charge is 0.355 e. The van der Waals surface area contributed by atoms with Crippen molar-refractivity contribution in [2.75, 3.05) is 31.1 Å². The highest BCUT2D eigenvalue weighted by molar-refractivity contribution is 9.10. The van der Waals surface area contributed by atoms with E-state index in [0.717, 1.165) is 60.3 Å². The molecule has 128 valence electrons. The van der Waals surface area contributed by atoms with Crippen molar-refractivity contribution >= 4 is 32.7 Å². The molecule has 0 N–H and O–H groups in total. The molecule has 25 heavy (non-hydrogen) atoms. The Morgan fingerprint density at radius 3 is 2.68 bits per heavy atom. The minimum absolute atomic E-state index is 0.992. The molecular weight excluding hydrogens is 376 g/mol. The summed E-state index contributed by atoms with van der Waals surface area (Å²) < 4.78 is 1.07. The molecule has 0 aliphatic carbocycles. The number of benzene rings is 2. The third-order valence-electron chi connectivity index (χ3n) is 4.71. The third kappa shape index (κ3) is 3.83. The van der Waals surface area contributed by atoms with Gasteiger partial charge in [-0.2, -0.15) is 0 Å². The molecule has 2 heterocycles. The molecule has 2 aromatic carbocycles. The van der Waals surface area contributed by atoms with Gasteiger partial charge in [0.25, 0.3) is 0 Å². The highest BCUT2D eigenvalue weighted by Crippen LogP contribution is 2.27. The first-order valence-corrected chi connectivity index (χ1v) is 9.50. The molecule has 3 aromatic rings. The van der Waals surface area contributed by atoms with Crippen LogP contribution in [0.15, 0.2) is 59.3 Å². The van der Waals surface area contributed by atoms with Crippen LogP contribution in [0.4, 0.5) is 5.82 Å². The van der Waals surface area contributed by atoms with Gasteiger partial charge in [-0.05, 0) is 30.2 Å². The van der Waals surface area contributed by atoms with Gasteiger partial charge in [-0.15, -0.1) is 0 Å². The van der Waals surface area contributed by atoms with Crippen LogP contribution >= 0.6 is 15.9 Å².